The average molecular weight is 387 g/mol. The summed E-state index contributed by atoms with van der Waals surface area (Å²) in [6, 6.07) is 7.91. The Hall–Kier alpha value is -2.61. The van der Waals surface area contributed by atoms with Crippen molar-refractivity contribution in [2.75, 3.05) is 24.4 Å². The molecule has 0 fully saturated rings. The predicted octanol–water partition coefficient (Wildman–Crippen LogP) is 2.47. The second-order valence-electron chi connectivity index (χ2n) is 5.71. The third-order valence-corrected chi connectivity index (χ3v) is 4.85. The molecule has 1 aromatic carbocycles. The van der Waals surface area contributed by atoms with Gasteiger partial charge in [0.05, 0.1) is 12.3 Å². The molecule has 1 N–H and O–H groups in total. The van der Waals surface area contributed by atoms with Crippen LogP contribution in [0.5, 0.6) is 0 Å². The molecule has 0 spiro atoms. The smallest absolute Gasteiger partial charge is 0.279 e. The fourth-order valence-corrected chi connectivity index (χ4v) is 3.11. The molecule has 7 nitrogen and oxygen atoms in total. The fourth-order valence-electron chi connectivity index (χ4n) is 2.85. The number of imidazole rings is 1. The van der Waals surface area contributed by atoms with Gasteiger partial charge in [-0.05, 0) is 17.7 Å². The molecule has 0 unspecified atom stereocenters. The topological polar surface area (TPSA) is 65.8 Å². The number of hydrogen-bond acceptors (Lipinski definition) is 5. The normalized spacial score (nSPS) is 16.5. The summed E-state index contributed by atoms with van der Waals surface area (Å²) in [4.78, 5) is 20.5. The van der Waals surface area contributed by atoms with E-state index in [9.17, 15) is 4.79 Å². The van der Waals surface area contributed by atoms with Crippen molar-refractivity contribution in [1.29, 1.82) is 0 Å². The highest BCUT2D eigenvalue weighted by Crippen LogP contribution is 2.33. The molecule has 4 rings (SSSR count). The third-order valence-electron chi connectivity index (χ3n) is 4.32. The van der Waals surface area contributed by atoms with Gasteiger partial charge in [-0.25, -0.2) is 5.43 Å². The number of aromatic nitrogens is 2. The number of fused-ring (bicyclic) bond motifs is 3. The summed E-state index contributed by atoms with van der Waals surface area (Å²) in [5.41, 5.74) is 5.33. The number of carbonyl (C=O) groups excluding carboxylic acids is 1. The zero-order valence-corrected chi connectivity index (χ0v) is 14.8. The number of anilines is 2. The lowest BCUT2D eigenvalue weighted by Crippen LogP contribution is -2.41. The minimum Gasteiger partial charge on any atom is -0.314 e. The van der Waals surface area contributed by atoms with Crippen molar-refractivity contribution in [3.63, 3.8) is 0 Å². The lowest BCUT2D eigenvalue weighted by Gasteiger charge is -2.33. The maximum atomic E-state index is 12.7. The molecule has 2 aliphatic heterocycles. The zero-order valence-electron chi connectivity index (χ0n) is 13.2. The van der Waals surface area contributed by atoms with Crippen molar-refractivity contribution < 1.29 is 4.79 Å². The number of carbonyl (C=O) groups is 1. The maximum Gasteiger partial charge on any atom is 0.279 e. The first kappa shape index (κ1) is 14.9. The number of hydrazone groups is 1. The third kappa shape index (κ3) is 2.06. The van der Waals surface area contributed by atoms with E-state index in [1.807, 2.05) is 40.8 Å². The minimum absolute atomic E-state index is 0.120. The van der Waals surface area contributed by atoms with Gasteiger partial charge >= 0.3 is 0 Å². The summed E-state index contributed by atoms with van der Waals surface area (Å²) < 4.78 is 2.87. The van der Waals surface area contributed by atoms with Crippen molar-refractivity contribution >= 4 is 39.3 Å². The Labute approximate surface area is 147 Å². The van der Waals surface area contributed by atoms with Crippen LogP contribution in [0.4, 0.5) is 11.8 Å². The molecule has 0 atom stereocenters. The standard InChI is InChI=1S/C16H15BrN6O/c1-9-21(2)14-13(15(24)22(9)3)23-8-12(19-20-16(23)18-14)10-4-6-11(17)7-5-10/h4-7H,1,8H2,2-3H3,(H,18,20). The summed E-state index contributed by atoms with van der Waals surface area (Å²) in [6.45, 7) is 4.41. The molecule has 122 valence electrons. The van der Waals surface area contributed by atoms with E-state index < -0.39 is 0 Å². The highest BCUT2D eigenvalue weighted by Gasteiger charge is 2.36. The molecule has 2 aromatic rings. The molecular weight excluding hydrogens is 372 g/mol. The van der Waals surface area contributed by atoms with Crippen molar-refractivity contribution in [3.05, 3.63) is 52.4 Å². The van der Waals surface area contributed by atoms with Gasteiger partial charge in [-0.3, -0.25) is 14.3 Å². The van der Waals surface area contributed by atoms with Crippen LogP contribution < -0.4 is 10.3 Å². The van der Waals surface area contributed by atoms with Crippen LogP contribution in [0.15, 0.2) is 46.2 Å². The first-order chi connectivity index (χ1) is 11.5. The van der Waals surface area contributed by atoms with Gasteiger partial charge in [0.15, 0.2) is 11.5 Å². The van der Waals surface area contributed by atoms with Crippen molar-refractivity contribution in [1.82, 2.24) is 14.5 Å². The Kier molecular flexibility index (Phi) is 3.24. The van der Waals surface area contributed by atoms with E-state index in [0.717, 1.165) is 15.7 Å². The molecule has 1 amide bonds. The molecular formula is C16H15BrN6O. The Morgan fingerprint density at radius 2 is 1.92 bits per heavy atom. The van der Waals surface area contributed by atoms with Crippen LogP contribution in [0.3, 0.4) is 0 Å². The van der Waals surface area contributed by atoms with E-state index >= 15 is 0 Å². The van der Waals surface area contributed by atoms with Gasteiger partial charge in [0, 0.05) is 18.6 Å². The van der Waals surface area contributed by atoms with Crippen LogP contribution in [0, 0.1) is 0 Å². The number of nitrogens with one attached hydrogen (secondary N) is 1. The largest absolute Gasteiger partial charge is 0.314 e. The molecule has 24 heavy (non-hydrogen) atoms. The Morgan fingerprint density at radius 3 is 2.62 bits per heavy atom. The second kappa shape index (κ2) is 5.20. The van der Waals surface area contributed by atoms with Crippen molar-refractivity contribution in [2.24, 2.45) is 5.10 Å². The predicted molar refractivity (Wildman–Crippen MR) is 96.2 cm³/mol. The van der Waals surface area contributed by atoms with Crippen LogP contribution in [0.2, 0.25) is 0 Å². The summed E-state index contributed by atoms with van der Waals surface area (Å²) in [7, 11) is 3.56. The number of rotatable bonds is 1. The summed E-state index contributed by atoms with van der Waals surface area (Å²) in [5.74, 6) is 1.63. The maximum absolute atomic E-state index is 12.7. The van der Waals surface area contributed by atoms with E-state index in [4.69, 9.17) is 0 Å². The van der Waals surface area contributed by atoms with E-state index in [-0.39, 0.29) is 5.91 Å². The number of amides is 1. The molecule has 2 aliphatic rings. The Balaban J connectivity index is 1.77. The van der Waals surface area contributed by atoms with E-state index in [1.54, 1.807) is 7.05 Å². The van der Waals surface area contributed by atoms with Crippen LogP contribution in [-0.2, 0) is 6.54 Å². The van der Waals surface area contributed by atoms with Crippen LogP contribution in [-0.4, -0.2) is 40.2 Å². The zero-order chi connectivity index (χ0) is 17.0. The Morgan fingerprint density at radius 1 is 1.21 bits per heavy atom. The molecule has 1 aromatic heterocycles. The van der Waals surface area contributed by atoms with Gasteiger partial charge in [0.25, 0.3) is 5.91 Å². The molecule has 0 radical (unpaired) electrons. The molecule has 0 saturated heterocycles. The molecule has 0 saturated carbocycles. The average Bonchev–Trinajstić information content (AvgIpc) is 2.97. The highest BCUT2D eigenvalue weighted by atomic mass is 79.9. The van der Waals surface area contributed by atoms with E-state index in [1.165, 1.54) is 4.90 Å². The lowest BCUT2D eigenvalue weighted by atomic mass is 10.1. The van der Waals surface area contributed by atoms with Crippen molar-refractivity contribution in [2.45, 2.75) is 6.54 Å². The van der Waals surface area contributed by atoms with Gasteiger partial charge < -0.3 is 4.90 Å². The van der Waals surface area contributed by atoms with E-state index in [0.29, 0.717) is 29.8 Å². The van der Waals surface area contributed by atoms with Gasteiger partial charge in [-0.2, -0.15) is 10.1 Å². The first-order valence-electron chi connectivity index (χ1n) is 7.37. The van der Waals surface area contributed by atoms with E-state index in [2.05, 4.69) is 38.0 Å². The van der Waals surface area contributed by atoms with Crippen LogP contribution in [0.1, 0.15) is 16.1 Å². The lowest BCUT2D eigenvalue weighted by molar-refractivity contribution is 0.0816. The van der Waals surface area contributed by atoms with Gasteiger partial charge in [0.2, 0.25) is 5.95 Å². The number of hydrogen-bond donors (Lipinski definition) is 1. The van der Waals surface area contributed by atoms with Crippen LogP contribution >= 0.6 is 15.9 Å². The molecule has 0 bridgehead atoms. The second-order valence-corrected chi connectivity index (χ2v) is 6.63. The van der Waals surface area contributed by atoms with Gasteiger partial charge in [-0.15, -0.1) is 0 Å². The number of nitrogens with zero attached hydrogens (tertiary/aromatic N) is 5. The van der Waals surface area contributed by atoms with Crippen LogP contribution in [0.25, 0.3) is 0 Å². The van der Waals surface area contributed by atoms with Crippen molar-refractivity contribution in [3.8, 4) is 0 Å². The quantitative estimate of drug-likeness (QED) is 0.817. The van der Waals surface area contributed by atoms with Gasteiger partial charge in [-0.1, -0.05) is 34.6 Å². The molecule has 0 aliphatic carbocycles. The fraction of sp³-hybridized carbons (Fsp3) is 0.188. The number of benzene rings is 1. The molecule has 3 heterocycles. The highest BCUT2D eigenvalue weighted by molar-refractivity contribution is 9.10. The molecule has 8 heteroatoms. The first-order valence-corrected chi connectivity index (χ1v) is 8.16. The monoisotopic (exact) mass is 386 g/mol. The number of halogens is 1. The summed E-state index contributed by atoms with van der Waals surface area (Å²) >= 11 is 3.43. The van der Waals surface area contributed by atoms with Gasteiger partial charge in [0.1, 0.15) is 5.82 Å². The minimum atomic E-state index is -0.120. The SMILES string of the molecule is C=C1N(C)C(=O)c2c(nc3n2CC(c2ccc(Br)cc2)=NN3)N1C. The summed E-state index contributed by atoms with van der Waals surface area (Å²) in [6.07, 6.45) is 0. The Bertz CT molecular complexity index is 898. The summed E-state index contributed by atoms with van der Waals surface area (Å²) in [5, 5.41) is 4.40.